The van der Waals surface area contributed by atoms with Crippen molar-refractivity contribution in [2.75, 3.05) is 35.8 Å². The number of aromatic nitrogens is 2. The van der Waals surface area contributed by atoms with E-state index in [9.17, 15) is 18.4 Å². The maximum Gasteiger partial charge on any atom is 0.342 e. The van der Waals surface area contributed by atoms with E-state index in [4.69, 9.17) is 10.5 Å². The molecule has 3 aromatic rings. The minimum absolute atomic E-state index is 0.0749. The first-order valence-electron chi connectivity index (χ1n) is 9.82. The standard InChI is InChI=1S/C22H20F2N6O3/c1-29-16-11-26-21(27-15-9-8-13(18(25)31)10-17(15)33-2)28-19(16)30(12-22(23,24)20(29)32)14-6-4-3-5-7-14/h3-11H,12H2,1-2H3,(H2,25,31)(H,26,27,28). The summed E-state index contributed by atoms with van der Waals surface area (Å²) in [6.07, 6.45) is 1.30. The van der Waals surface area contributed by atoms with Gasteiger partial charge in [0.2, 0.25) is 11.9 Å². The summed E-state index contributed by atoms with van der Waals surface area (Å²) in [7, 11) is 2.68. The third-order valence-corrected chi connectivity index (χ3v) is 5.14. The van der Waals surface area contributed by atoms with Crippen LogP contribution >= 0.6 is 0 Å². The van der Waals surface area contributed by atoms with Crippen LogP contribution in [0.2, 0.25) is 0 Å². The quantitative estimate of drug-likeness (QED) is 0.609. The van der Waals surface area contributed by atoms with Gasteiger partial charge in [-0.05, 0) is 30.3 Å². The number of anilines is 5. The highest BCUT2D eigenvalue weighted by molar-refractivity contribution is 6.02. The van der Waals surface area contributed by atoms with Gasteiger partial charge in [0.05, 0.1) is 25.5 Å². The molecule has 1 aliphatic heterocycles. The van der Waals surface area contributed by atoms with Crippen molar-refractivity contribution >= 4 is 40.6 Å². The van der Waals surface area contributed by atoms with E-state index in [2.05, 4.69) is 15.3 Å². The number of nitrogens with two attached hydrogens (primary N) is 1. The number of fused-ring (bicyclic) bond motifs is 1. The Morgan fingerprint density at radius 3 is 2.61 bits per heavy atom. The second kappa shape index (κ2) is 8.34. The van der Waals surface area contributed by atoms with Crippen LogP contribution < -0.4 is 25.6 Å². The van der Waals surface area contributed by atoms with Crippen LogP contribution in [-0.4, -0.2) is 48.4 Å². The SMILES string of the molecule is COc1cc(C(N)=O)ccc1Nc1ncc2c(n1)N(c1ccccc1)CC(F)(F)C(=O)N2C. The Balaban J connectivity index is 1.79. The number of primary amides is 1. The maximum atomic E-state index is 14.7. The topological polar surface area (TPSA) is 114 Å². The van der Waals surface area contributed by atoms with Crippen LogP contribution in [-0.2, 0) is 4.79 Å². The Morgan fingerprint density at radius 2 is 1.94 bits per heavy atom. The van der Waals surface area contributed by atoms with Gasteiger partial charge in [-0.25, -0.2) is 4.98 Å². The van der Waals surface area contributed by atoms with E-state index in [1.54, 1.807) is 36.4 Å². The molecule has 3 N–H and O–H groups in total. The third-order valence-electron chi connectivity index (χ3n) is 5.14. The molecule has 170 valence electrons. The molecule has 0 spiro atoms. The Kier molecular flexibility index (Phi) is 5.54. The van der Waals surface area contributed by atoms with E-state index in [0.29, 0.717) is 17.1 Å². The zero-order valence-corrected chi connectivity index (χ0v) is 17.8. The monoisotopic (exact) mass is 454 g/mol. The molecule has 0 aliphatic carbocycles. The summed E-state index contributed by atoms with van der Waals surface area (Å²) >= 11 is 0. The summed E-state index contributed by atoms with van der Waals surface area (Å²) in [5.41, 5.74) is 6.55. The summed E-state index contributed by atoms with van der Waals surface area (Å²) in [5, 5.41) is 2.96. The van der Waals surface area contributed by atoms with Crippen molar-refractivity contribution in [1.82, 2.24) is 9.97 Å². The number of hydrogen-bond acceptors (Lipinski definition) is 7. The Labute approximate surface area is 187 Å². The van der Waals surface area contributed by atoms with Gasteiger partial charge >= 0.3 is 5.92 Å². The molecule has 0 atom stereocenters. The van der Waals surface area contributed by atoms with E-state index in [1.807, 2.05) is 0 Å². The number of halogens is 2. The average Bonchev–Trinajstić information content (AvgIpc) is 2.88. The number of nitrogens with one attached hydrogen (secondary N) is 1. The lowest BCUT2D eigenvalue weighted by Gasteiger charge is -2.25. The smallest absolute Gasteiger partial charge is 0.342 e. The zero-order valence-electron chi connectivity index (χ0n) is 17.8. The van der Waals surface area contributed by atoms with Gasteiger partial charge in [0, 0.05) is 18.3 Å². The van der Waals surface area contributed by atoms with Crippen LogP contribution in [0.15, 0.2) is 54.7 Å². The minimum Gasteiger partial charge on any atom is -0.495 e. The molecule has 1 aliphatic rings. The number of rotatable bonds is 5. The lowest BCUT2D eigenvalue weighted by molar-refractivity contribution is -0.140. The molecule has 0 radical (unpaired) electrons. The summed E-state index contributed by atoms with van der Waals surface area (Å²) in [6, 6.07) is 13.0. The first-order chi connectivity index (χ1) is 15.7. The molecular weight excluding hydrogens is 434 g/mol. The predicted molar refractivity (Wildman–Crippen MR) is 119 cm³/mol. The molecule has 9 nitrogen and oxygen atoms in total. The number of nitrogens with zero attached hydrogens (tertiary/aromatic N) is 4. The molecule has 2 aromatic carbocycles. The average molecular weight is 454 g/mol. The fourth-order valence-electron chi connectivity index (χ4n) is 3.45. The second-order valence-electron chi connectivity index (χ2n) is 7.30. The summed E-state index contributed by atoms with van der Waals surface area (Å²) in [5.74, 6) is -5.11. The van der Waals surface area contributed by atoms with Crippen molar-refractivity contribution in [3.05, 3.63) is 60.3 Å². The summed E-state index contributed by atoms with van der Waals surface area (Å²) in [6.45, 7) is -0.889. The molecule has 1 aromatic heterocycles. The molecule has 0 bridgehead atoms. The zero-order chi connectivity index (χ0) is 23.8. The van der Waals surface area contributed by atoms with Crippen LogP contribution in [0.25, 0.3) is 0 Å². The maximum absolute atomic E-state index is 14.7. The highest BCUT2D eigenvalue weighted by atomic mass is 19.3. The largest absolute Gasteiger partial charge is 0.495 e. The lowest BCUT2D eigenvalue weighted by atomic mass is 10.2. The van der Waals surface area contributed by atoms with E-state index >= 15 is 0 Å². The van der Waals surface area contributed by atoms with Gasteiger partial charge in [-0.1, -0.05) is 18.2 Å². The van der Waals surface area contributed by atoms with Crippen LogP contribution in [0, 0.1) is 0 Å². The van der Waals surface area contributed by atoms with Crippen molar-refractivity contribution in [1.29, 1.82) is 0 Å². The lowest BCUT2D eigenvalue weighted by Crippen LogP contribution is -2.45. The van der Waals surface area contributed by atoms with E-state index < -0.39 is 24.3 Å². The van der Waals surface area contributed by atoms with E-state index in [-0.39, 0.29) is 23.0 Å². The molecule has 2 heterocycles. The summed E-state index contributed by atoms with van der Waals surface area (Å²) in [4.78, 5) is 34.6. The van der Waals surface area contributed by atoms with Gasteiger partial charge in [0.15, 0.2) is 5.82 Å². The van der Waals surface area contributed by atoms with Crippen molar-refractivity contribution in [3.8, 4) is 5.75 Å². The Bertz CT molecular complexity index is 1220. The van der Waals surface area contributed by atoms with E-state index in [1.165, 1.54) is 37.4 Å². The molecule has 0 fully saturated rings. The summed E-state index contributed by atoms with van der Waals surface area (Å²) < 4.78 is 34.7. The predicted octanol–water partition coefficient (Wildman–Crippen LogP) is 3.08. The molecule has 11 heteroatoms. The molecule has 2 amide bonds. The van der Waals surface area contributed by atoms with Crippen molar-refractivity contribution in [3.63, 3.8) is 0 Å². The van der Waals surface area contributed by atoms with Crippen LogP contribution in [0.3, 0.4) is 0 Å². The number of alkyl halides is 2. The fourth-order valence-corrected chi connectivity index (χ4v) is 3.45. The van der Waals surface area contributed by atoms with Gasteiger partial charge in [0.25, 0.3) is 5.91 Å². The molecule has 0 saturated carbocycles. The molecular formula is C22H20F2N6O3. The first kappa shape index (κ1) is 21.9. The van der Waals surface area contributed by atoms with Gasteiger partial charge in [0.1, 0.15) is 11.4 Å². The first-order valence-corrected chi connectivity index (χ1v) is 9.82. The molecule has 33 heavy (non-hydrogen) atoms. The van der Waals surface area contributed by atoms with Gasteiger partial charge in [-0.2, -0.15) is 13.8 Å². The minimum atomic E-state index is -3.65. The molecule has 4 rings (SSSR count). The second-order valence-corrected chi connectivity index (χ2v) is 7.30. The number of carbonyl (C=O) groups is 2. The van der Waals surface area contributed by atoms with E-state index in [0.717, 1.165) is 4.90 Å². The highest BCUT2D eigenvalue weighted by Crippen LogP contribution is 2.39. The number of methoxy groups -OCH3 is 1. The van der Waals surface area contributed by atoms with Crippen LogP contribution in [0.4, 0.5) is 37.6 Å². The van der Waals surface area contributed by atoms with Crippen molar-refractivity contribution in [2.45, 2.75) is 5.92 Å². The number of carbonyl (C=O) groups excluding carboxylic acids is 2. The van der Waals surface area contributed by atoms with Gasteiger partial charge < -0.3 is 25.6 Å². The number of para-hydroxylation sites is 1. The van der Waals surface area contributed by atoms with Gasteiger partial charge in [-0.3, -0.25) is 9.59 Å². The highest BCUT2D eigenvalue weighted by Gasteiger charge is 2.47. The normalized spacial score (nSPS) is 15.0. The number of ether oxygens (including phenoxy) is 1. The third kappa shape index (κ3) is 4.12. The fraction of sp³-hybridized carbons (Fsp3) is 0.182. The Morgan fingerprint density at radius 1 is 1.21 bits per heavy atom. The van der Waals surface area contributed by atoms with Crippen LogP contribution in [0.1, 0.15) is 10.4 Å². The Hall–Kier alpha value is -4.28. The van der Waals surface area contributed by atoms with Crippen molar-refractivity contribution < 1.29 is 23.1 Å². The number of benzene rings is 2. The number of amides is 2. The van der Waals surface area contributed by atoms with Gasteiger partial charge in [-0.15, -0.1) is 0 Å². The molecule has 0 unspecified atom stereocenters. The molecule has 0 saturated heterocycles. The van der Waals surface area contributed by atoms with Crippen molar-refractivity contribution in [2.24, 2.45) is 5.73 Å². The number of hydrogen-bond donors (Lipinski definition) is 2. The van der Waals surface area contributed by atoms with Crippen LogP contribution in [0.5, 0.6) is 5.75 Å².